The lowest BCUT2D eigenvalue weighted by molar-refractivity contribution is 0.619. The zero-order valence-electron chi connectivity index (χ0n) is 29.6. The van der Waals surface area contributed by atoms with E-state index in [2.05, 4.69) is 110 Å². The van der Waals surface area contributed by atoms with Gasteiger partial charge in [-0.05, 0) is 80.6 Å². The van der Waals surface area contributed by atoms with Crippen LogP contribution in [0.15, 0.2) is 180 Å². The molecule has 256 valence electrons. The molecule has 0 amide bonds. The van der Waals surface area contributed by atoms with Crippen LogP contribution in [-0.4, -0.2) is 19.9 Å². The number of nitrogens with zero attached hydrogens (tertiary/aromatic N) is 4. The molecule has 5 heteroatoms. The number of hydrogen-bond acceptors (Lipinski definition) is 5. The number of aromatic nitrogens is 4. The fourth-order valence-electron chi connectivity index (χ4n) is 7.97. The Bertz CT molecular complexity index is 2860. The predicted octanol–water partition coefficient (Wildman–Crippen LogP) is 12.1. The summed E-state index contributed by atoms with van der Waals surface area (Å²) in [6.07, 6.45) is 5.12. The first kappa shape index (κ1) is 31.7. The summed E-state index contributed by atoms with van der Waals surface area (Å²) in [7, 11) is 0. The van der Waals surface area contributed by atoms with E-state index in [-0.39, 0.29) is 0 Å². The van der Waals surface area contributed by atoms with Crippen molar-refractivity contribution < 1.29 is 4.42 Å². The van der Waals surface area contributed by atoms with Crippen LogP contribution in [0, 0.1) is 0 Å². The molecule has 0 saturated carbocycles. The minimum Gasteiger partial charge on any atom is -0.436 e. The van der Waals surface area contributed by atoms with Gasteiger partial charge in [-0.25, -0.2) is 19.9 Å². The van der Waals surface area contributed by atoms with Crippen molar-refractivity contribution in [2.24, 2.45) is 0 Å². The first-order chi connectivity index (χ1) is 26.6. The van der Waals surface area contributed by atoms with Crippen molar-refractivity contribution in [3.63, 3.8) is 0 Å². The van der Waals surface area contributed by atoms with E-state index in [0.29, 0.717) is 29.8 Å². The van der Waals surface area contributed by atoms with Crippen LogP contribution in [0.25, 0.3) is 78.0 Å². The van der Waals surface area contributed by atoms with Crippen molar-refractivity contribution in [2.45, 2.75) is 18.8 Å². The molecule has 1 aliphatic carbocycles. The van der Waals surface area contributed by atoms with Crippen LogP contribution in [0.5, 0.6) is 0 Å². The minimum absolute atomic E-state index is 0.486. The molecular weight excluding hydrogens is 661 g/mol. The van der Waals surface area contributed by atoms with Gasteiger partial charge < -0.3 is 4.42 Å². The third kappa shape index (κ3) is 5.49. The Balaban J connectivity index is 1.19. The number of fused-ring (bicyclic) bond motifs is 4. The lowest BCUT2D eigenvalue weighted by Gasteiger charge is -2.38. The second kappa shape index (κ2) is 12.9. The predicted molar refractivity (Wildman–Crippen MR) is 220 cm³/mol. The van der Waals surface area contributed by atoms with Gasteiger partial charge in [-0.2, -0.15) is 0 Å². The summed E-state index contributed by atoms with van der Waals surface area (Å²) in [6.45, 7) is 2.36. The molecule has 1 unspecified atom stereocenters. The topological polar surface area (TPSA) is 64.7 Å². The van der Waals surface area contributed by atoms with Crippen molar-refractivity contribution in [3.8, 4) is 34.2 Å². The normalized spacial score (nSPS) is 15.7. The van der Waals surface area contributed by atoms with Crippen LogP contribution in [0.3, 0.4) is 0 Å². The zero-order chi connectivity index (χ0) is 36.1. The smallest absolute Gasteiger partial charge is 0.227 e. The summed E-state index contributed by atoms with van der Waals surface area (Å²) in [5.41, 5.74) is 8.53. The molecule has 7 aromatic carbocycles. The van der Waals surface area contributed by atoms with E-state index in [1.54, 1.807) is 0 Å². The van der Waals surface area contributed by atoms with E-state index in [9.17, 15) is 0 Å². The van der Waals surface area contributed by atoms with Gasteiger partial charge in [-0.3, -0.25) is 0 Å². The summed E-state index contributed by atoms with van der Waals surface area (Å²) in [5.74, 6) is 2.59. The number of hydrogen-bond donors (Lipinski definition) is 0. The first-order valence-electron chi connectivity index (χ1n) is 18.3. The van der Waals surface area contributed by atoms with Crippen LogP contribution in [0.4, 0.5) is 0 Å². The molecule has 0 aliphatic heterocycles. The van der Waals surface area contributed by atoms with E-state index in [1.807, 2.05) is 72.8 Å². The molecule has 9 aromatic rings. The molecule has 5 nitrogen and oxygen atoms in total. The van der Waals surface area contributed by atoms with E-state index in [0.717, 1.165) is 38.9 Å². The maximum atomic E-state index is 6.24. The van der Waals surface area contributed by atoms with E-state index < -0.39 is 5.41 Å². The molecule has 0 radical (unpaired) electrons. The monoisotopic (exact) mass is 694 g/mol. The average Bonchev–Trinajstić information content (AvgIpc) is 3.68. The van der Waals surface area contributed by atoms with Gasteiger partial charge >= 0.3 is 0 Å². The summed E-state index contributed by atoms with van der Waals surface area (Å²) in [6, 6.07) is 56.6. The molecule has 2 aromatic heterocycles. The van der Waals surface area contributed by atoms with Crippen molar-refractivity contribution >= 4 is 43.8 Å². The fourth-order valence-corrected chi connectivity index (χ4v) is 7.97. The maximum absolute atomic E-state index is 6.24. The fraction of sp³-hybridized carbons (Fsp3) is 0.0612. The van der Waals surface area contributed by atoms with Gasteiger partial charge in [0, 0.05) is 22.1 Å². The van der Waals surface area contributed by atoms with Gasteiger partial charge in [0.05, 0.1) is 0 Å². The van der Waals surface area contributed by atoms with Gasteiger partial charge in [0.1, 0.15) is 5.52 Å². The van der Waals surface area contributed by atoms with E-state index in [4.69, 9.17) is 24.4 Å². The quantitative estimate of drug-likeness (QED) is 0.162. The van der Waals surface area contributed by atoms with Gasteiger partial charge in [-0.1, -0.05) is 153 Å². The molecule has 0 fully saturated rings. The molecule has 10 rings (SSSR count). The van der Waals surface area contributed by atoms with Crippen LogP contribution >= 0.6 is 0 Å². The standard InChI is InChI=1S/C49H34N4O/c1-49(42-29-35-21-11-12-22-38(35)39-23-13-14-24-40(39)42)31-37(47-52-45(32-15-5-2-6-16-32)51-46(53-47)33-17-7-3-8-18-33)25-27-41(49)36-26-28-44-43(30-36)50-48(54-44)34-19-9-4-10-20-34/h2-30H,31H2,1H3. The minimum atomic E-state index is -0.486. The van der Waals surface area contributed by atoms with Crippen LogP contribution in [0.1, 0.15) is 30.3 Å². The summed E-state index contributed by atoms with van der Waals surface area (Å²) in [4.78, 5) is 20.2. The molecule has 0 N–H and O–H groups in total. The van der Waals surface area contributed by atoms with Crippen molar-refractivity contribution in [3.05, 3.63) is 193 Å². The Morgan fingerprint density at radius 1 is 0.481 bits per heavy atom. The average molecular weight is 695 g/mol. The molecule has 2 heterocycles. The summed E-state index contributed by atoms with van der Waals surface area (Å²) >= 11 is 0. The Hall–Kier alpha value is -6.98. The summed E-state index contributed by atoms with van der Waals surface area (Å²) in [5, 5.41) is 4.91. The highest BCUT2D eigenvalue weighted by Gasteiger charge is 2.38. The van der Waals surface area contributed by atoms with Crippen molar-refractivity contribution in [1.82, 2.24) is 19.9 Å². The SMILES string of the molecule is CC1(c2cc3ccccc3c3ccccc23)CC(c2nc(-c3ccccc3)nc(-c3ccccc3)n2)=CC=C1c1ccc2oc(-c3ccccc3)nc2c1. The molecule has 0 saturated heterocycles. The Kier molecular flexibility index (Phi) is 7.58. The number of oxazole rings is 1. The Morgan fingerprint density at radius 3 is 1.74 bits per heavy atom. The van der Waals surface area contributed by atoms with Gasteiger partial charge in [-0.15, -0.1) is 0 Å². The highest BCUT2D eigenvalue weighted by atomic mass is 16.3. The lowest BCUT2D eigenvalue weighted by Crippen LogP contribution is -2.27. The third-order valence-electron chi connectivity index (χ3n) is 10.7. The lowest BCUT2D eigenvalue weighted by atomic mass is 9.65. The molecule has 1 atom stereocenters. The summed E-state index contributed by atoms with van der Waals surface area (Å²) < 4.78 is 6.24. The number of benzene rings is 7. The largest absolute Gasteiger partial charge is 0.436 e. The van der Waals surface area contributed by atoms with E-state index in [1.165, 1.54) is 32.7 Å². The molecule has 1 aliphatic rings. The number of allylic oxidation sites excluding steroid dienone is 4. The second-order valence-corrected chi connectivity index (χ2v) is 14.1. The second-order valence-electron chi connectivity index (χ2n) is 14.1. The van der Waals surface area contributed by atoms with Crippen molar-refractivity contribution in [2.75, 3.05) is 0 Å². The molecule has 0 bridgehead atoms. The van der Waals surface area contributed by atoms with Crippen LogP contribution in [0.2, 0.25) is 0 Å². The van der Waals surface area contributed by atoms with Gasteiger partial charge in [0.25, 0.3) is 0 Å². The Labute approximate surface area is 313 Å². The first-order valence-corrected chi connectivity index (χ1v) is 18.3. The van der Waals surface area contributed by atoms with Crippen LogP contribution in [-0.2, 0) is 5.41 Å². The molecule has 54 heavy (non-hydrogen) atoms. The Morgan fingerprint density at radius 2 is 1.06 bits per heavy atom. The van der Waals surface area contributed by atoms with Gasteiger partial charge in [0.15, 0.2) is 23.1 Å². The van der Waals surface area contributed by atoms with Crippen molar-refractivity contribution in [1.29, 1.82) is 0 Å². The van der Waals surface area contributed by atoms with E-state index >= 15 is 0 Å². The molecule has 0 spiro atoms. The molecular formula is C49H34N4O. The highest BCUT2D eigenvalue weighted by molar-refractivity contribution is 6.10. The van der Waals surface area contributed by atoms with Crippen LogP contribution < -0.4 is 0 Å². The number of rotatable bonds is 6. The zero-order valence-corrected chi connectivity index (χ0v) is 29.6. The third-order valence-corrected chi connectivity index (χ3v) is 10.7. The highest BCUT2D eigenvalue weighted by Crippen LogP contribution is 2.50. The maximum Gasteiger partial charge on any atom is 0.227 e. The van der Waals surface area contributed by atoms with Gasteiger partial charge in [0.2, 0.25) is 5.89 Å².